The maximum absolute atomic E-state index is 12.9. The van der Waals surface area contributed by atoms with Crippen LogP contribution in [-0.4, -0.2) is 75.1 Å². The lowest BCUT2D eigenvalue weighted by atomic mass is 9.88. The number of nitrogens with two attached hydrogens (primary N) is 2. The lowest BCUT2D eigenvalue weighted by Gasteiger charge is -2.38. The Morgan fingerprint density at radius 3 is 2.61 bits per heavy atom. The normalized spacial score (nSPS) is 16.9. The molecule has 0 saturated carbocycles. The Morgan fingerprint density at radius 1 is 1.15 bits per heavy atom. The highest BCUT2D eigenvalue weighted by Crippen LogP contribution is 2.26. The summed E-state index contributed by atoms with van der Waals surface area (Å²) >= 11 is 2.09. The van der Waals surface area contributed by atoms with Crippen molar-refractivity contribution in [2.75, 3.05) is 38.2 Å². The maximum atomic E-state index is 12.9. The van der Waals surface area contributed by atoms with Crippen molar-refractivity contribution in [3.8, 4) is 17.1 Å². The van der Waals surface area contributed by atoms with E-state index in [0.717, 1.165) is 24.2 Å². The summed E-state index contributed by atoms with van der Waals surface area (Å²) in [6, 6.07) is 7.42. The molecule has 2 aromatic heterocycles. The van der Waals surface area contributed by atoms with Crippen LogP contribution in [0.5, 0.6) is 5.75 Å². The number of amides is 2. The van der Waals surface area contributed by atoms with E-state index in [4.69, 9.17) is 20.7 Å². The van der Waals surface area contributed by atoms with Crippen LogP contribution in [0, 0.1) is 0 Å². The van der Waals surface area contributed by atoms with Gasteiger partial charge in [0, 0.05) is 42.5 Å². The Balaban J connectivity index is 1.08. The first-order valence-electron chi connectivity index (χ1n) is 13.2. The van der Waals surface area contributed by atoms with Crippen LogP contribution >= 0.6 is 22.6 Å². The number of ether oxygens (including phenoxy) is 1. The number of alkyl halides is 1. The predicted molar refractivity (Wildman–Crippen MR) is 159 cm³/mol. The number of carbonyl (C=O) groups is 2. The van der Waals surface area contributed by atoms with E-state index in [1.807, 2.05) is 29.2 Å². The molecule has 41 heavy (non-hydrogen) atoms. The molecular formula is C26H31IN10O4. The SMILES string of the molecule is COc1ccc(-c2noc(CCCC(=O)N3CCC4(CC3)CN/C(=N\C(=O)c3nc(CI)c(N)nc3N)N4)n2)cc1. The fourth-order valence-corrected chi connectivity index (χ4v) is 5.38. The topological polar surface area (TPSA) is 200 Å². The van der Waals surface area contributed by atoms with Crippen LogP contribution in [-0.2, 0) is 15.6 Å². The number of nitrogens with one attached hydrogen (secondary N) is 2. The number of nitrogens with zero attached hydrogens (tertiary/aromatic N) is 6. The van der Waals surface area contributed by atoms with Gasteiger partial charge in [-0.3, -0.25) is 9.59 Å². The zero-order valence-electron chi connectivity index (χ0n) is 22.5. The molecule has 0 bridgehead atoms. The standard InChI is InChI=1S/C26H31IN10O4/c1-40-16-7-5-15(6-8-16)23-32-18(41-36-23)3-2-4-19(38)37-11-9-26(10-12-37)14-30-25(35-26)34-24(39)20-22(29)33-21(28)17(13-27)31-20/h5-8H,2-4,9-14H2,1H3,(H4,28,29,33)(H2,30,34,35,39). The van der Waals surface area contributed by atoms with Crippen LogP contribution in [0.3, 0.4) is 0 Å². The van der Waals surface area contributed by atoms with Crippen molar-refractivity contribution >= 4 is 52.0 Å². The summed E-state index contributed by atoms with van der Waals surface area (Å²) in [4.78, 5) is 44.3. The van der Waals surface area contributed by atoms with Gasteiger partial charge in [-0.2, -0.15) is 9.98 Å². The van der Waals surface area contributed by atoms with Crippen LogP contribution in [0.2, 0.25) is 0 Å². The second kappa shape index (κ2) is 12.2. The molecule has 4 heterocycles. The number of guanidine groups is 1. The number of likely N-dealkylation sites (tertiary alicyclic amines) is 1. The van der Waals surface area contributed by atoms with Gasteiger partial charge in [0.05, 0.1) is 18.3 Å². The number of halogens is 1. The minimum Gasteiger partial charge on any atom is -0.497 e. The Bertz CT molecular complexity index is 1450. The van der Waals surface area contributed by atoms with Gasteiger partial charge in [-0.05, 0) is 43.5 Å². The summed E-state index contributed by atoms with van der Waals surface area (Å²) in [5.41, 5.74) is 12.7. The summed E-state index contributed by atoms with van der Waals surface area (Å²) in [5.74, 6) is 1.76. The highest BCUT2D eigenvalue weighted by atomic mass is 127. The number of nitrogen functional groups attached to an aromatic ring is 2. The van der Waals surface area contributed by atoms with Crippen LogP contribution in [0.1, 0.15) is 47.8 Å². The summed E-state index contributed by atoms with van der Waals surface area (Å²) in [7, 11) is 1.61. The highest BCUT2D eigenvalue weighted by molar-refractivity contribution is 14.1. The van der Waals surface area contributed by atoms with Gasteiger partial charge in [-0.1, -0.05) is 27.7 Å². The van der Waals surface area contributed by atoms with E-state index >= 15 is 0 Å². The highest BCUT2D eigenvalue weighted by Gasteiger charge is 2.40. The third-order valence-electron chi connectivity index (χ3n) is 7.22. The second-order valence-electron chi connectivity index (χ2n) is 9.92. The number of anilines is 2. The van der Waals surface area contributed by atoms with Crippen molar-refractivity contribution in [2.24, 2.45) is 4.99 Å². The van der Waals surface area contributed by atoms with Gasteiger partial charge in [-0.15, -0.1) is 0 Å². The lowest BCUT2D eigenvalue weighted by Crippen LogP contribution is -2.53. The smallest absolute Gasteiger partial charge is 0.302 e. The number of rotatable bonds is 8. The Hall–Kier alpha value is -4.02. The fraction of sp³-hybridized carbons (Fsp3) is 0.423. The summed E-state index contributed by atoms with van der Waals surface area (Å²) in [6.07, 6.45) is 2.96. The van der Waals surface area contributed by atoms with Crippen molar-refractivity contribution in [3.63, 3.8) is 0 Å². The molecular weight excluding hydrogens is 643 g/mol. The van der Waals surface area contributed by atoms with E-state index in [9.17, 15) is 9.59 Å². The number of carbonyl (C=O) groups excluding carboxylic acids is 2. The number of hydrogen-bond donors (Lipinski definition) is 4. The summed E-state index contributed by atoms with van der Waals surface area (Å²) < 4.78 is 11.0. The lowest BCUT2D eigenvalue weighted by molar-refractivity contribution is -0.132. The molecule has 14 nitrogen and oxygen atoms in total. The summed E-state index contributed by atoms with van der Waals surface area (Å²) in [6.45, 7) is 1.80. The monoisotopic (exact) mass is 674 g/mol. The van der Waals surface area contributed by atoms with E-state index in [-0.39, 0.29) is 28.8 Å². The van der Waals surface area contributed by atoms with Crippen LogP contribution in [0.25, 0.3) is 11.4 Å². The number of aromatic nitrogens is 4. The number of benzene rings is 1. The van der Waals surface area contributed by atoms with Crippen molar-refractivity contribution in [1.29, 1.82) is 0 Å². The van der Waals surface area contributed by atoms with Crippen molar-refractivity contribution < 1.29 is 18.8 Å². The molecule has 1 aromatic carbocycles. The van der Waals surface area contributed by atoms with Crippen LogP contribution in [0.15, 0.2) is 33.8 Å². The number of aliphatic imine (C=N–C) groups is 1. The van der Waals surface area contributed by atoms with Gasteiger partial charge < -0.3 is 36.3 Å². The number of aryl methyl sites for hydroxylation is 1. The molecule has 2 aliphatic rings. The van der Waals surface area contributed by atoms with Gasteiger partial charge in [0.1, 0.15) is 11.6 Å². The first-order chi connectivity index (χ1) is 19.8. The van der Waals surface area contributed by atoms with Crippen molar-refractivity contribution in [2.45, 2.75) is 42.1 Å². The van der Waals surface area contributed by atoms with Gasteiger partial charge in [0.25, 0.3) is 0 Å². The van der Waals surface area contributed by atoms with E-state index in [2.05, 4.69) is 58.3 Å². The number of hydrogen-bond acceptors (Lipinski definition) is 10. The van der Waals surface area contributed by atoms with Gasteiger partial charge >= 0.3 is 5.91 Å². The molecule has 3 aromatic rings. The molecule has 2 saturated heterocycles. The molecule has 0 aliphatic carbocycles. The zero-order valence-corrected chi connectivity index (χ0v) is 24.7. The van der Waals surface area contributed by atoms with Crippen LogP contribution in [0.4, 0.5) is 11.6 Å². The third-order valence-corrected chi connectivity index (χ3v) is 7.94. The number of piperidine rings is 1. The van der Waals surface area contributed by atoms with Crippen molar-refractivity contribution in [1.82, 2.24) is 35.6 Å². The molecule has 15 heteroatoms. The predicted octanol–water partition coefficient (Wildman–Crippen LogP) is 1.71. The Labute approximate surface area is 249 Å². The first kappa shape index (κ1) is 28.5. The Morgan fingerprint density at radius 2 is 1.90 bits per heavy atom. The molecule has 0 unspecified atom stereocenters. The van der Waals surface area contributed by atoms with E-state index in [1.165, 1.54) is 0 Å². The minimum absolute atomic E-state index is 0.0270. The quantitative estimate of drug-likeness (QED) is 0.200. The van der Waals surface area contributed by atoms with Crippen molar-refractivity contribution in [3.05, 3.63) is 41.5 Å². The summed E-state index contributed by atoms with van der Waals surface area (Å²) in [5, 5.41) is 10.5. The average Bonchev–Trinajstić information content (AvgIpc) is 3.60. The van der Waals surface area contributed by atoms with Crippen LogP contribution < -0.4 is 26.8 Å². The molecule has 1 spiro atoms. The molecule has 2 amide bonds. The van der Waals surface area contributed by atoms with Gasteiger partial charge in [0.2, 0.25) is 17.6 Å². The molecule has 0 radical (unpaired) electrons. The first-order valence-corrected chi connectivity index (χ1v) is 14.7. The molecule has 2 fully saturated rings. The average molecular weight is 675 g/mol. The molecule has 5 rings (SSSR count). The molecule has 6 N–H and O–H groups in total. The largest absolute Gasteiger partial charge is 0.497 e. The third kappa shape index (κ3) is 6.49. The molecule has 216 valence electrons. The molecule has 0 atom stereocenters. The van der Waals surface area contributed by atoms with E-state index < -0.39 is 5.91 Å². The maximum Gasteiger partial charge on any atom is 0.302 e. The number of methoxy groups -OCH3 is 1. The second-order valence-corrected chi connectivity index (χ2v) is 10.7. The van der Waals surface area contributed by atoms with E-state index in [0.29, 0.717) is 66.7 Å². The molecule has 2 aliphatic heterocycles. The minimum atomic E-state index is -0.599. The fourth-order valence-electron chi connectivity index (χ4n) is 4.82. The van der Waals surface area contributed by atoms with Gasteiger partial charge in [0.15, 0.2) is 17.5 Å². The van der Waals surface area contributed by atoms with Gasteiger partial charge in [-0.25, -0.2) is 9.97 Å². The Kier molecular flexibility index (Phi) is 8.51. The zero-order chi connectivity index (χ0) is 29.0. The van der Waals surface area contributed by atoms with E-state index in [1.54, 1.807) is 7.11 Å².